The van der Waals surface area contributed by atoms with Crippen LogP contribution in [0.25, 0.3) is 0 Å². The summed E-state index contributed by atoms with van der Waals surface area (Å²) < 4.78 is 5.11. The van der Waals surface area contributed by atoms with Crippen molar-refractivity contribution >= 4 is 11.9 Å². The SMILES string of the molecule is COc1ccc(N(C)/N=C/c2ccncc2)cc1. The summed E-state index contributed by atoms with van der Waals surface area (Å²) >= 11 is 0. The van der Waals surface area contributed by atoms with E-state index in [1.807, 2.05) is 43.4 Å². The monoisotopic (exact) mass is 241 g/mol. The van der Waals surface area contributed by atoms with Gasteiger partial charge in [0.05, 0.1) is 19.0 Å². The Morgan fingerprint density at radius 3 is 2.39 bits per heavy atom. The molecule has 0 aliphatic carbocycles. The van der Waals surface area contributed by atoms with E-state index in [0.717, 1.165) is 17.0 Å². The second-order valence-electron chi connectivity index (χ2n) is 3.75. The fourth-order valence-electron chi connectivity index (χ4n) is 1.47. The van der Waals surface area contributed by atoms with Gasteiger partial charge in [-0.1, -0.05) is 0 Å². The second-order valence-corrected chi connectivity index (χ2v) is 3.75. The largest absolute Gasteiger partial charge is 0.497 e. The van der Waals surface area contributed by atoms with E-state index in [9.17, 15) is 0 Å². The molecule has 0 radical (unpaired) electrons. The Labute approximate surface area is 107 Å². The molecule has 0 amide bonds. The summed E-state index contributed by atoms with van der Waals surface area (Å²) in [6, 6.07) is 11.6. The van der Waals surface area contributed by atoms with E-state index in [4.69, 9.17) is 4.74 Å². The number of methoxy groups -OCH3 is 1. The normalized spacial score (nSPS) is 10.6. The summed E-state index contributed by atoms with van der Waals surface area (Å²) in [5, 5.41) is 6.17. The molecular formula is C14H15N3O. The van der Waals surface area contributed by atoms with Crippen molar-refractivity contribution in [2.24, 2.45) is 5.10 Å². The van der Waals surface area contributed by atoms with Gasteiger partial charge in [0.15, 0.2) is 0 Å². The number of pyridine rings is 1. The molecule has 0 spiro atoms. The number of rotatable bonds is 4. The minimum Gasteiger partial charge on any atom is -0.497 e. The molecule has 2 aromatic rings. The molecule has 1 aromatic carbocycles. The number of hydrazone groups is 1. The molecule has 2 rings (SSSR count). The van der Waals surface area contributed by atoms with Crippen LogP contribution in [0, 0.1) is 0 Å². The number of benzene rings is 1. The maximum Gasteiger partial charge on any atom is 0.119 e. The van der Waals surface area contributed by atoms with E-state index in [0.29, 0.717) is 0 Å². The maximum absolute atomic E-state index is 5.11. The van der Waals surface area contributed by atoms with Gasteiger partial charge in [-0.25, -0.2) is 0 Å². The van der Waals surface area contributed by atoms with Crippen molar-refractivity contribution in [1.82, 2.24) is 4.98 Å². The van der Waals surface area contributed by atoms with Gasteiger partial charge in [-0.2, -0.15) is 5.10 Å². The number of aromatic nitrogens is 1. The molecule has 92 valence electrons. The molecule has 0 saturated carbocycles. The Morgan fingerprint density at radius 2 is 1.78 bits per heavy atom. The van der Waals surface area contributed by atoms with E-state index < -0.39 is 0 Å². The van der Waals surface area contributed by atoms with Crippen LogP contribution in [-0.4, -0.2) is 25.4 Å². The summed E-state index contributed by atoms with van der Waals surface area (Å²) in [4.78, 5) is 3.96. The Balaban J connectivity index is 2.07. The molecule has 0 unspecified atom stereocenters. The molecule has 1 heterocycles. The van der Waals surface area contributed by atoms with Gasteiger partial charge in [0.2, 0.25) is 0 Å². The number of hydrogen-bond donors (Lipinski definition) is 0. The Hall–Kier alpha value is -2.36. The highest BCUT2D eigenvalue weighted by Gasteiger charge is 1.98. The zero-order chi connectivity index (χ0) is 12.8. The highest BCUT2D eigenvalue weighted by molar-refractivity contribution is 5.80. The van der Waals surface area contributed by atoms with E-state index in [-0.39, 0.29) is 0 Å². The van der Waals surface area contributed by atoms with Crippen LogP contribution in [-0.2, 0) is 0 Å². The minimum atomic E-state index is 0.838. The number of nitrogens with zero attached hydrogens (tertiary/aromatic N) is 3. The predicted octanol–water partition coefficient (Wildman–Crippen LogP) is 2.56. The lowest BCUT2D eigenvalue weighted by molar-refractivity contribution is 0.415. The molecule has 0 saturated heterocycles. The number of hydrogen-bond acceptors (Lipinski definition) is 4. The van der Waals surface area contributed by atoms with E-state index >= 15 is 0 Å². The first-order valence-corrected chi connectivity index (χ1v) is 5.61. The first-order valence-electron chi connectivity index (χ1n) is 5.61. The molecule has 1 aromatic heterocycles. The highest BCUT2D eigenvalue weighted by atomic mass is 16.5. The van der Waals surface area contributed by atoms with Crippen LogP contribution in [0.2, 0.25) is 0 Å². The fourth-order valence-corrected chi connectivity index (χ4v) is 1.47. The maximum atomic E-state index is 5.11. The van der Waals surface area contributed by atoms with Gasteiger partial charge in [0.1, 0.15) is 5.75 Å². The van der Waals surface area contributed by atoms with Crippen molar-refractivity contribution in [3.05, 3.63) is 54.4 Å². The Morgan fingerprint density at radius 1 is 1.11 bits per heavy atom. The van der Waals surface area contributed by atoms with Gasteiger partial charge >= 0.3 is 0 Å². The van der Waals surface area contributed by atoms with E-state index in [1.54, 1.807) is 30.7 Å². The quantitative estimate of drug-likeness (QED) is 0.610. The average Bonchev–Trinajstić information content (AvgIpc) is 2.46. The molecule has 4 heteroatoms. The second kappa shape index (κ2) is 5.82. The minimum absolute atomic E-state index is 0.838. The summed E-state index contributed by atoms with van der Waals surface area (Å²) in [6.07, 6.45) is 5.29. The number of anilines is 1. The van der Waals surface area contributed by atoms with Crippen LogP contribution in [0.4, 0.5) is 5.69 Å². The molecule has 0 bridgehead atoms. The van der Waals surface area contributed by atoms with Gasteiger partial charge in [-0.3, -0.25) is 9.99 Å². The number of ether oxygens (including phenoxy) is 1. The summed E-state index contributed by atoms with van der Waals surface area (Å²) in [5.41, 5.74) is 2.02. The first-order chi connectivity index (χ1) is 8.79. The smallest absolute Gasteiger partial charge is 0.119 e. The van der Waals surface area contributed by atoms with Gasteiger partial charge in [0.25, 0.3) is 0 Å². The molecule has 0 fully saturated rings. The highest BCUT2D eigenvalue weighted by Crippen LogP contribution is 2.18. The molecule has 0 atom stereocenters. The van der Waals surface area contributed by atoms with Crippen molar-refractivity contribution in [3.8, 4) is 5.75 Å². The molecule has 0 N–H and O–H groups in total. The van der Waals surface area contributed by atoms with Gasteiger partial charge < -0.3 is 4.74 Å². The molecule has 18 heavy (non-hydrogen) atoms. The molecule has 4 nitrogen and oxygen atoms in total. The first kappa shape index (κ1) is 12.1. The average molecular weight is 241 g/mol. The van der Waals surface area contributed by atoms with Crippen LogP contribution >= 0.6 is 0 Å². The molecule has 0 aliphatic rings. The third-order valence-corrected chi connectivity index (χ3v) is 2.53. The lowest BCUT2D eigenvalue weighted by Gasteiger charge is -2.13. The topological polar surface area (TPSA) is 37.7 Å². The van der Waals surface area contributed by atoms with Gasteiger partial charge in [-0.05, 0) is 42.0 Å². The van der Waals surface area contributed by atoms with Gasteiger partial charge in [0, 0.05) is 19.4 Å². The third kappa shape index (κ3) is 3.07. The predicted molar refractivity (Wildman–Crippen MR) is 73.2 cm³/mol. The lowest BCUT2D eigenvalue weighted by atomic mass is 10.3. The van der Waals surface area contributed by atoms with Crippen LogP contribution in [0.15, 0.2) is 53.9 Å². The van der Waals surface area contributed by atoms with Crippen molar-refractivity contribution in [2.45, 2.75) is 0 Å². The standard InChI is InChI=1S/C14H15N3O/c1-17(13-3-5-14(18-2)6-4-13)16-11-12-7-9-15-10-8-12/h3-11H,1-2H3/b16-11+. The fraction of sp³-hybridized carbons (Fsp3) is 0.143. The summed E-state index contributed by atoms with van der Waals surface area (Å²) in [6.45, 7) is 0. The van der Waals surface area contributed by atoms with E-state index in [2.05, 4.69) is 10.1 Å². The van der Waals surface area contributed by atoms with Crippen LogP contribution in [0.1, 0.15) is 5.56 Å². The van der Waals surface area contributed by atoms with E-state index in [1.165, 1.54) is 0 Å². The lowest BCUT2D eigenvalue weighted by Crippen LogP contribution is -2.08. The van der Waals surface area contributed by atoms with Crippen molar-refractivity contribution in [1.29, 1.82) is 0 Å². The zero-order valence-corrected chi connectivity index (χ0v) is 10.4. The zero-order valence-electron chi connectivity index (χ0n) is 10.4. The van der Waals surface area contributed by atoms with Crippen molar-refractivity contribution in [3.63, 3.8) is 0 Å². The summed E-state index contributed by atoms with van der Waals surface area (Å²) in [7, 11) is 3.56. The van der Waals surface area contributed by atoms with Crippen LogP contribution in [0.5, 0.6) is 5.75 Å². The molecule has 0 aliphatic heterocycles. The van der Waals surface area contributed by atoms with Crippen LogP contribution < -0.4 is 9.75 Å². The van der Waals surface area contributed by atoms with Crippen LogP contribution in [0.3, 0.4) is 0 Å². The third-order valence-electron chi connectivity index (χ3n) is 2.53. The van der Waals surface area contributed by atoms with Gasteiger partial charge in [-0.15, -0.1) is 0 Å². The van der Waals surface area contributed by atoms with Crippen molar-refractivity contribution < 1.29 is 4.74 Å². The Kier molecular flexibility index (Phi) is 3.91. The van der Waals surface area contributed by atoms with Crippen molar-refractivity contribution in [2.75, 3.05) is 19.2 Å². The Bertz CT molecular complexity index is 508. The summed E-state index contributed by atoms with van der Waals surface area (Å²) in [5.74, 6) is 0.838. The molecular weight excluding hydrogens is 226 g/mol.